The van der Waals surface area contributed by atoms with E-state index in [1.54, 1.807) is 48.5 Å². The monoisotopic (exact) mass is 923 g/mol. The molecular formula is C61H82F4O2. The van der Waals surface area contributed by atoms with Crippen molar-refractivity contribution in [1.82, 2.24) is 0 Å². The van der Waals surface area contributed by atoms with Gasteiger partial charge in [0, 0.05) is 0 Å². The van der Waals surface area contributed by atoms with Gasteiger partial charge in [-0.1, -0.05) is 220 Å². The number of halogens is 4. The maximum absolute atomic E-state index is 12.3. The summed E-state index contributed by atoms with van der Waals surface area (Å²) in [6.07, 6.45) is 43.0. The first-order valence-corrected chi connectivity index (χ1v) is 26.4. The third kappa shape index (κ3) is 21.7. The molecule has 2 saturated carbocycles. The van der Waals surface area contributed by atoms with Crippen LogP contribution in [-0.2, 0) is 0 Å². The van der Waals surface area contributed by atoms with Crippen LogP contribution in [0.15, 0.2) is 97.1 Å². The zero-order valence-electron chi connectivity index (χ0n) is 41.0. The first-order chi connectivity index (χ1) is 32.8. The van der Waals surface area contributed by atoms with E-state index >= 15 is 0 Å². The smallest absolute Gasteiger partial charge is 0.387 e. The van der Waals surface area contributed by atoms with Crippen LogP contribution in [0.1, 0.15) is 220 Å². The number of rotatable bonds is 27. The van der Waals surface area contributed by atoms with Gasteiger partial charge in [0.2, 0.25) is 0 Å². The van der Waals surface area contributed by atoms with E-state index in [1.807, 2.05) is 12.2 Å². The quantitative estimate of drug-likeness (QED) is 0.0337. The van der Waals surface area contributed by atoms with E-state index in [0.717, 1.165) is 34.1 Å². The highest BCUT2D eigenvalue weighted by Gasteiger charge is 2.23. The predicted octanol–water partition coefficient (Wildman–Crippen LogP) is 20.1. The van der Waals surface area contributed by atoms with Gasteiger partial charge in [0.05, 0.1) is 0 Å². The van der Waals surface area contributed by atoms with Crippen LogP contribution < -0.4 is 9.47 Å². The number of alkyl halides is 4. The minimum absolute atomic E-state index is 0.184. The van der Waals surface area contributed by atoms with E-state index in [1.165, 1.54) is 172 Å². The van der Waals surface area contributed by atoms with E-state index in [2.05, 4.69) is 84.0 Å². The van der Waals surface area contributed by atoms with Crippen LogP contribution in [0, 0.1) is 11.8 Å². The molecule has 0 unspecified atom stereocenters. The van der Waals surface area contributed by atoms with Gasteiger partial charge in [-0.3, -0.25) is 0 Å². The van der Waals surface area contributed by atoms with Crippen molar-refractivity contribution in [2.24, 2.45) is 11.8 Å². The molecule has 366 valence electrons. The van der Waals surface area contributed by atoms with Crippen molar-refractivity contribution in [3.63, 3.8) is 0 Å². The van der Waals surface area contributed by atoms with Crippen LogP contribution in [0.3, 0.4) is 0 Å². The highest BCUT2D eigenvalue weighted by Crippen LogP contribution is 2.39. The number of hydrogen-bond donors (Lipinski definition) is 0. The SMILES string of the molecule is CCCCCCCCCC1CCC(c2ccc(C=Cc3ccc(OC(F)F)cc3)cc2)CC1.CCCCCCCCCCC1CCC(c2ccc(C=Cc3ccc(OC(F)F)cc3)cc2)CC1. The molecule has 0 amide bonds. The third-order valence-electron chi connectivity index (χ3n) is 14.3. The Hall–Kier alpha value is -4.32. The van der Waals surface area contributed by atoms with Gasteiger partial charge in [0.1, 0.15) is 11.5 Å². The summed E-state index contributed by atoms with van der Waals surface area (Å²) in [5.41, 5.74) is 7.16. The first kappa shape index (κ1) is 53.6. The molecule has 6 rings (SSSR count). The number of unbranched alkanes of at least 4 members (excludes halogenated alkanes) is 13. The Kier molecular flexibility index (Phi) is 25.4. The van der Waals surface area contributed by atoms with E-state index in [9.17, 15) is 17.6 Å². The van der Waals surface area contributed by atoms with Gasteiger partial charge < -0.3 is 9.47 Å². The summed E-state index contributed by atoms with van der Waals surface area (Å²) in [6.45, 7) is -1.01. The molecular weight excluding hydrogens is 841 g/mol. The molecule has 0 aromatic heterocycles. The van der Waals surface area contributed by atoms with Crippen molar-refractivity contribution in [3.8, 4) is 11.5 Å². The fraction of sp³-hybridized carbons (Fsp3) is 0.541. The lowest BCUT2D eigenvalue weighted by Gasteiger charge is -2.29. The molecule has 2 fully saturated rings. The van der Waals surface area contributed by atoms with Gasteiger partial charge in [-0.2, -0.15) is 17.6 Å². The molecule has 0 saturated heterocycles. The Balaban J connectivity index is 0.000000251. The summed E-state index contributed by atoms with van der Waals surface area (Å²) in [5.74, 6) is 3.66. The molecule has 0 spiro atoms. The first-order valence-electron chi connectivity index (χ1n) is 26.4. The average Bonchev–Trinajstić information content (AvgIpc) is 3.35. The highest BCUT2D eigenvalue weighted by molar-refractivity contribution is 5.70. The predicted molar refractivity (Wildman–Crippen MR) is 276 cm³/mol. The van der Waals surface area contributed by atoms with Crippen LogP contribution >= 0.6 is 0 Å². The largest absolute Gasteiger partial charge is 0.435 e. The standard InChI is InChI=1S/C31H42F2O.C30H40F2O/c1-2-3-4-5-6-7-8-9-10-25-13-19-28(20-14-25)29-21-15-26(16-22-29)11-12-27-17-23-30(24-18-27)34-31(32)33;1-2-3-4-5-6-7-8-9-24-12-18-27(19-13-24)28-20-14-25(15-21-28)10-11-26-16-22-29(23-17-26)33-30(31)32/h11-12,15-18,21-25,28,31H,2-10,13-14,19-20H2,1H3;10-11,14-17,20-24,27,30H,2-9,12-13,18-19H2,1H3. The van der Waals surface area contributed by atoms with E-state index in [0.29, 0.717) is 11.8 Å². The molecule has 0 bridgehead atoms. The molecule has 0 heterocycles. The maximum atomic E-state index is 12.3. The number of hydrogen-bond acceptors (Lipinski definition) is 2. The zero-order chi connectivity index (χ0) is 47.3. The molecule has 0 N–H and O–H groups in total. The van der Waals surface area contributed by atoms with Gasteiger partial charge >= 0.3 is 13.2 Å². The molecule has 2 aliphatic carbocycles. The van der Waals surface area contributed by atoms with Crippen molar-refractivity contribution in [1.29, 1.82) is 0 Å². The van der Waals surface area contributed by atoms with Crippen molar-refractivity contribution in [3.05, 3.63) is 130 Å². The van der Waals surface area contributed by atoms with Crippen LogP contribution in [0.25, 0.3) is 24.3 Å². The van der Waals surface area contributed by atoms with E-state index in [4.69, 9.17) is 0 Å². The summed E-state index contributed by atoms with van der Waals surface area (Å²) >= 11 is 0. The number of ether oxygens (including phenoxy) is 2. The Morgan fingerprint density at radius 1 is 0.373 bits per heavy atom. The Bertz CT molecular complexity index is 1900. The van der Waals surface area contributed by atoms with Crippen LogP contribution in [0.2, 0.25) is 0 Å². The van der Waals surface area contributed by atoms with Crippen LogP contribution in [0.4, 0.5) is 17.6 Å². The molecule has 4 aromatic rings. The zero-order valence-corrected chi connectivity index (χ0v) is 41.0. The van der Waals surface area contributed by atoms with Crippen molar-refractivity contribution < 1.29 is 27.0 Å². The second kappa shape index (κ2) is 31.7. The summed E-state index contributed by atoms with van der Waals surface area (Å²) in [4.78, 5) is 0. The fourth-order valence-electron chi connectivity index (χ4n) is 10.2. The molecule has 2 nitrogen and oxygen atoms in total. The second-order valence-electron chi connectivity index (χ2n) is 19.5. The van der Waals surface area contributed by atoms with Crippen molar-refractivity contribution in [2.45, 2.75) is 199 Å². The highest BCUT2D eigenvalue weighted by atomic mass is 19.3. The minimum Gasteiger partial charge on any atom is -0.435 e. The lowest BCUT2D eigenvalue weighted by atomic mass is 9.77. The van der Waals surface area contributed by atoms with Crippen LogP contribution in [0.5, 0.6) is 11.5 Å². The lowest BCUT2D eigenvalue weighted by Crippen LogP contribution is -2.13. The molecule has 6 heteroatoms. The molecule has 0 atom stereocenters. The normalized spacial score (nSPS) is 18.7. The van der Waals surface area contributed by atoms with Gasteiger partial charge in [-0.15, -0.1) is 0 Å². The van der Waals surface area contributed by atoms with E-state index < -0.39 is 13.2 Å². The lowest BCUT2D eigenvalue weighted by molar-refractivity contribution is -0.0505. The maximum Gasteiger partial charge on any atom is 0.387 e. The molecule has 0 aliphatic heterocycles. The summed E-state index contributed by atoms with van der Waals surface area (Å²) in [7, 11) is 0. The van der Waals surface area contributed by atoms with Crippen molar-refractivity contribution >= 4 is 24.3 Å². The van der Waals surface area contributed by atoms with Crippen molar-refractivity contribution in [2.75, 3.05) is 0 Å². The summed E-state index contributed by atoms with van der Waals surface area (Å²) in [5, 5.41) is 0. The second-order valence-corrected chi connectivity index (χ2v) is 19.5. The Labute approximate surface area is 403 Å². The molecule has 4 aromatic carbocycles. The minimum atomic E-state index is -2.79. The topological polar surface area (TPSA) is 18.5 Å². The van der Waals surface area contributed by atoms with Gasteiger partial charge in [-0.05, 0) is 133 Å². The van der Waals surface area contributed by atoms with Gasteiger partial charge in [0.25, 0.3) is 0 Å². The molecule has 2 aliphatic rings. The van der Waals surface area contributed by atoms with Gasteiger partial charge in [-0.25, -0.2) is 0 Å². The molecule has 67 heavy (non-hydrogen) atoms. The Morgan fingerprint density at radius 3 is 0.925 bits per heavy atom. The molecule has 0 radical (unpaired) electrons. The van der Waals surface area contributed by atoms with Gasteiger partial charge in [0.15, 0.2) is 0 Å². The summed E-state index contributed by atoms with van der Waals surface area (Å²) < 4.78 is 57.8. The fourth-order valence-corrected chi connectivity index (χ4v) is 10.2. The van der Waals surface area contributed by atoms with Crippen LogP contribution in [-0.4, -0.2) is 13.2 Å². The summed E-state index contributed by atoms with van der Waals surface area (Å²) in [6, 6.07) is 31.3. The average molecular weight is 923 g/mol. The Morgan fingerprint density at radius 2 is 0.642 bits per heavy atom. The third-order valence-corrected chi connectivity index (χ3v) is 14.3. The van der Waals surface area contributed by atoms with E-state index in [-0.39, 0.29) is 11.5 Å². The number of benzene rings is 4.